The van der Waals surface area contributed by atoms with Crippen molar-refractivity contribution in [3.8, 4) is 0 Å². The highest BCUT2D eigenvalue weighted by Gasteiger charge is 2.24. The zero-order valence-corrected chi connectivity index (χ0v) is 9.84. The minimum atomic E-state index is -0.385. The van der Waals surface area contributed by atoms with E-state index in [0.717, 1.165) is 5.56 Å². The summed E-state index contributed by atoms with van der Waals surface area (Å²) in [5.41, 5.74) is 13.0. The fourth-order valence-electron chi connectivity index (χ4n) is 1.64. The number of benzene rings is 1. The molecule has 0 fully saturated rings. The van der Waals surface area contributed by atoms with Crippen LogP contribution in [0.3, 0.4) is 0 Å². The van der Waals surface area contributed by atoms with E-state index in [1.54, 1.807) is 11.3 Å². The van der Waals surface area contributed by atoms with E-state index in [1.807, 2.05) is 26.0 Å². The highest BCUT2D eigenvalue weighted by Crippen LogP contribution is 2.32. The molecule has 2 rings (SSSR count). The van der Waals surface area contributed by atoms with Gasteiger partial charge in [-0.2, -0.15) is 0 Å². The van der Waals surface area contributed by atoms with Gasteiger partial charge in [0.2, 0.25) is 0 Å². The second-order valence-corrected chi connectivity index (χ2v) is 5.40. The summed E-state index contributed by atoms with van der Waals surface area (Å²) in [5, 5.41) is 3.35. The molecular formula is C12H16N2S. The molecule has 0 aliphatic carbocycles. The number of hydrogen-bond acceptors (Lipinski definition) is 3. The van der Waals surface area contributed by atoms with Crippen molar-refractivity contribution in [3.63, 3.8) is 0 Å². The third-order valence-electron chi connectivity index (χ3n) is 2.65. The molecule has 0 bridgehead atoms. The molecule has 0 aliphatic rings. The molecule has 0 aliphatic heterocycles. The lowest BCUT2D eigenvalue weighted by Gasteiger charge is -2.26. The van der Waals surface area contributed by atoms with Crippen molar-refractivity contribution in [1.29, 1.82) is 0 Å². The lowest BCUT2D eigenvalue weighted by Crippen LogP contribution is -2.43. The number of nitrogens with two attached hydrogens (primary N) is 2. The first-order valence-electron chi connectivity index (χ1n) is 5.01. The van der Waals surface area contributed by atoms with Gasteiger partial charge >= 0.3 is 0 Å². The quantitative estimate of drug-likeness (QED) is 0.817. The SMILES string of the molecule is CC(C)(N)C(N)c1csc2ccccc12. The van der Waals surface area contributed by atoms with Crippen molar-refractivity contribution in [2.75, 3.05) is 0 Å². The van der Waals surface area contributed by atoms with Crippen molar-refractivity contribution in [3.05, 3.63) is 35.2 Å². The van der Waals surface area contributed by atoms with Crippen LogP contribution < -0.4 is 11.5 Å². The standard InChI is InChI=1S/C12H16N2S/c1-12(2,14)11(13)9-7-15-10-6-4-3-5-8(9)10/h3-7,11H,13-14H2,1-2H3. The maximum absolute atomic E-state index is 6.16. The van der Waals surface area contributed by atoms with Crippen LogP contribution in [0.5, 0.6) is 0 Å². The first-order chi connectivity index (χ1) is 7.00. The van der Waals surface area contributed by atoms with E-state index < -0.39 is 0 Å². The largest absolute Gasteiger partial charge is 0.324 e. The molecule has 1 aromatic heterocycles. The average Bonchev–Trinajstić information content (AvgIpc) is 2.58. The number of fused-ring (bicyclic) bond motifs is 1. The predicted octanol–water partition coefficient (Wildman–Crippen LogP) is 2.64. The van der Waals surface area contributed by atoms with Gasteiger partial charge < -0.3 is 11.5 Å². The Hall–Kier alpha value is -0.900. The maximum Gasteiger partial charge on any atom is 0.0486 e. The molecule has 1 atom stereocenters. The van der Waals surface area contributed by atoms with Crippen molar-refractivity contribution in [2.24, 2.45) is 11.5 Å². The van der Waals surface area contributed by atoms with Gasteiger partial charge in [-0.15, -0.1) is 11.3 Å². The molecule has 1 unspecified atom stereocenters. The number of rotatable bonds is 2. The first-order valence-corrected chi connectivity index (χ1v) is 5.88. The Morgan fingerprint density at radius 1 is 1.27 bits per heavy atom. The third kappa shape index (κ3) is 1.91. The molecule has 2 nitrogen and oxygen atoms in total. The van der Waals surface area contributed by atoms with Crippen molar-refractivity contribution >= 4 is 21.4 Å². The minimum Gasteiger partial charge on any atom is -0.324 e. The van der Waals surface area contributed by atoms with Gasteiger partial charge in [-0.05, 0) is 36.2 Å². The van der Waals surface area contributed by atoms with E-state index >= 15 is 0 Å². The summed E-state index contributed by atoms with van der Waals surface area (Å²) in [7, 11) is 0. The number of thiophene rings is 1. The molecule has 3 heteroatoms. The molecule has 4 N–H and O–H groups in total. The Bertz CT molecular complexity index is 468. The number of hydrogen-bond donors (Lipinski definition) is 2. The monoisotopic (exact) mass is 220 g/mol. The van der Waals surface area contributed by atoms with Gasteiger partial charge in [0, 0.05) is 16.3 Å². The summed E-state index contributed by atoms with van der Waals surface area (Å²) in [5.74, 6) is 0. The summed E-state index contributed by atoms with van der Waals surface area (Å²) in [6.07, 6.45) is 0. The van der Waals surface area contributed by atoms with E-state index in [1.165, 1.54) is 10.1 Å². The summed E-state index contributed by atoms with van der Waals surface area (Å²) < 4.78 is 1.27. The van der Waals surface area contributed by atoms with Crippen molar-refractivity contribution in [2.45, 2.75) is 25.4 Å². The molecule has 0 spiro atoms. The van der Waals surface area contributed by atoms with Gasteiger partial charge in [-0.25, -0.2) is 0 Å². The second kappa shape index (κ2) is 3.59. The molecule has 0 radical (unpaired) electrons. The van der Waals surface area contributed by atoms with E-state index in [2.05, 4.69) is 17.5 Å². The topological polar surface area (TPSA) is 52.0 Å². The Balaban J connectivity index is 2.53. The van der Waals surface area contributed by atoms with Crippen LogP contribution in [0.25, 0.3) is 10.1 Å². The molecule has 1 aromatic carbocycles. The van der Waals surface area contributed by atoms with Crippen molar-refractivity contribution < 1.29 is 0 Å². The first kappa shape index (κ1) is 10.6. The van der Waals surface area contributed by atoms with Crippen LogP contribution in [0.1, 0.15) is 25.5 Å². The zero-order chi connectivity index (χ0) is 11.1. The van der Waals surface area contributed by atoms with E-state index in [9.17, 15) is 0 Å². The molecule has 80 valence electrons. The van der Waals surface area contributed by atoms with E-state index in [-0.39, 0.29) is 11.6 Å². The normalized spacial score (nSPS) is 14.4. The Morgan fingerprint density at radius 2 is 1.93 bits per heavy atom. The van der Waals surface area contributed by atoms with Crippen LogP contribution in [-0.4, -0.2) is 5.54 Å². The van der Waals surface area contributed by atoms with Crippen LogP contribution in [0.4, 0.5) is 0 Å². The van der Waals surface area contributed by atoms with Crippen LogP contribution in [-0.2, 0) is 0 Å². The van der Waals surface area contributed by atoms with Gasteiger partial charge in [-0.3, -0.25) is 0 Å². The van der Waals surface area contributed by atoms with E-state index in [4.69, 9.17) is 11.5 Å². The highest BCUT2D eigenvalue weighted by atomic mass is 32.1. The van der Waals surface area contributed by atoms with Gasteiger partial charge in [0.1, 0.15) is 0 Å². The van der Waals surface area contributed by atoms with Crippen LogP contribution in [0.2, 0.25) is 0 Å². The molecule has 15 heavy (non-hydrogen) atoms. The fourth-order valence-corrected chi connectivity index (χ4v) is 2.64. The molecular weight excluding hydrogens is 204 g/mol. The van der Waals surface area contributed by atoms with Crippen LogP contribution in [0, 0.1) is 0 Å². The third-order valence-corrected chi connectivity index (χ3v) is 3.63. The molecule has 0 saturated heterocycles. The summed E-state index contributed by atoms with van der Waals surface area (Å²) in [6, 6.07) is 8.18. The van der Waals surface area contributed by atoms with E-state index in [0.29, 0.717) is 0 Å². The average molecular weight is 220 g/mol. The Labute approximate surface area is 93.9 Å². The summed E-state index contributed by atoms with van der Waals surface area (Å²) in [4.78, 5) is 0. The molecule has 1 heterocycles. The van der Waals surface area contributed by atoms with Gasteiger partial charge in [0.15, 0.2) is 0 Å². The summed E-state index contributed by atoms with van der Waals surface area (Å²) in [6.45, 7) is 3.92. The Morgan fingerprint density at radius 3 is 2.60 bits per heavy atom. The molecule has 0 amide bonds. The molecule has 2 aromatic rings. The zero-order valence-electron chi connectivity index (χ0n) is 9.03. The lowest BCUT2D eigenvalue weighted by atomic mass is 9.90. The lowest BCUT2D eigenvalue weighted by molar-refractivity contribution is 0.423. The fraction of sp³-hybridized carbons (Fsp3) is 0.333. The maximum atomic E-state index is 6.16. The van der Waals surface area contributed by atoms with Gasteiger partial charge in [0.05, 0.1) is 0 Å². The van der Waals surface area contributed by atoms with Crippen LogP contribution >= 0.6 is 11.3 Å². The predicted molar refractivity (Wildman–Crippen MR) is 67.0 cm³/mol. The second-order valence-electron chi connectivity index (χ2n) is 4.49. The van der Waals surface area contributed by atoms with Gasteiger partial charge in [-0.1, -0.05) is 18.2 Å². The van der Waals surface area contributed by atoms with Gasteiger partial charge in [0.25, 0.3) is 0 Å². The highest BCUT2D eigenvalue weighted by molar-refractivity contribution is 7.17. The van der Waals surface area contributed by atoms with Crippen LogP contribution in [0.15, 0.2) is 29.6 Å². The van der Waals surface area contributed by atoms with Crippen molar-refractivity contribution in [1.82, 2.24) is 0 Å². The summed E-state index contributed by atoms with van der Waals surface area (Å²) >= 11 is 1.72. The minimum absolute atomic E-state index is 0.117. The molecule has 0 saturated carbocycles. The Kier molecular flexibility index (Phi) is 2.54. The smallest absolute Gasteiger partial charge is 0.0486 e.